The molecule has 0 bridgehead atoms. The van der Waals surface area contributed by atoms with E-state index in [2.05, 4.69) is 5.10 Å². The van der Waals surface area contributed by atoms with E-state index >= 15 is 0 Å². The molecule has 0 aliphatic heterocycles. The molecule has 1 aromatic heterocycles. The average molecular weight is 263 g/mol. The van der Waals surface area contributed by atoms with Crippen LogP contribution >= 0.6 is 10.7 Å². The smallest absolute Gasteiger partial charge is 0.238 e. The van der Waals surface area contributed by atoms with Crippen molar-refractivity contribution in [1.29, 1.82) is 0 Å². The highest BCUT2D eigenvalue weighted by molar-refractivity contribution is 8.13. The third-order valence-electron chi connectivity index (χ3n) is 2.93. The predicted octanol–water partition coefficient (Wildman–Crippen LogP) is 2.46. The summed E-state index contributed by atoms with van der Waals surface area (Å²) in [6.45, 7) is 0. The molecule has 0 unspecified atom stereocenters. The van der Waals surface area contributed by atoms with E-state index in [9.17, 15) is 8.42 Å². The molecule has 0 amide bonds. The fourth-order valence-corrected chi connectivity index (χ4v) is 3.02. The molecule has 1 aliphatic rings. The molecule has 1 heterocycles. The molecular formula is C10H15ClN2O2S. The lowest BCUT2D eigenvalue weighted by Gasteiger charge is -2.21. The van der Waals surface area contributed by atoms with Crippen LogP contribution in [0.2, 0.25) is 0 Å². The summed E-state index contributed by atoms with van der Waals surface area (Å²) in [7, 11) is 1.69. The second-order valence-corrected chi connectivity index (χ2v) is 7.04. The predicted molar refractivity (Wildman–Crippen MR) is 62.8 cm³/mol. The molecule has 4 nitrogen and oxygen atoms in total. The first kappa shape index (κ1) is 11.9. The normalized spacial score (nSPS) is 18.8. The fourth-order valence-electron chi connectivity index (χ4n) is 2.18. The summed E-state index contributed by atoms with van der Waals surface area (Å²) in [6, 6.07) is 2.16. The summed E-state index contributed by atoms with van der Waals surface area (Å²) in [5, 5.41) is 4.27. The summed E-state index contributed by atoms with van der Waals surface area (Å²) in [4.78, 5) is 0. The van der Waals surface area contributed by atoms with Crippen molar-refractivity contribution in [1.82, 2.24) is 9.78 Å². The van der Waals surface area contributed by atoms with Crippen molar-refractivity contribution in [2.24, 2.45) is 0 Å². The van der Waals surface area contributed by atoms with Gasteiger partial charge in [0.1, 0.15) is 5.75 Å². The van der Waals surface area contributed by atoms with Gasteiger partial charge in [0.15, 0.2) is 0 Å². The molecule has 0 atom stereocenters. The highest BCUT2D eigenvalue weighted by Crippen LogP contribution is 2.27. The largest absolute Gasteiger partial charge is 0.269 e. The maximum absolute atomic E-state index is 10.9. The Bertz CT molecular complexity index is 449. The highest BCUT2D eigenvalue weighted by atomic mass is 35.7. The van der Waals surface area contributed by atoms with Crippen molar-refractivity contribution in [3.8, 4) is 0 Å². The van der Waals surface area contributed by atoms with Crippen molar-refractivity contribution >= 4 is 19.7 Å². The van der Waals surface area contributed by atoms with Crippen molar-refractivity contribution in [2.45, 2.75) is 43.9 Å². The summed E-state index contributed by atoms with van der Waals surface area (Å²) < 4.78 is 23.7. The van der Waals surface area contributed by atoms with Crippen molar-refractivity contribution in [2.75, 3.05) is 0 Å². The van der Waals surface area contributed by atoms with Crippen LogP contribution in [0, 0.1) is 0 Å². The van der Waals surface area contributed by atoms with Crippen LogP contribution in [0.15, 0.2) is 12.3 Å². The van der Waals surface area contributed by atoms with Gasteiger partial charge in [-0.15, -0.1) is 0 Å². The van der Waals surface area contributed by atoms with Crippen molar-refractivity contribution in [3.05, 3.63) is 18.0 Å². The highest BCUT2D eigenvalue weighted by Gasteiger charge is 2.17. The first-order chi connectivity index (χ1) is 7.54. The zero-order valence-corrected chi connectivity index (χ0v) is 10.5. The standard InChI is InChI=1S/C10H15ClN2O2S/c11-16(14,15)8-9-6-7-13(12-9)10-4-2-1-3-5-10/h6-7,10H,1-5,8H2. The molecule has 1 fully saturated rings. The number of nitrogens with zero attached hydrogens (tertiary/aromatic N) is 2. The summed E-state index contributed by atoms with van der Waals surface area (Å²) in [6.07, 6.45) is 7.87. The third kappa shape index (κ3) is 3.22. The molecule has 90 valence electrons. The Morgan fingerprint density at radius 2 is 2.06 bits per heavy atom. The molecule has 6 heteroatoms. The molecule has 0 radical (unpaired) electrons. The molecule has 1 aromatic rings. The van der Waals surface area contributed by atoms with Crippen LogP contribution in [0.4, 0.5) is 0 Å². The van der Waals surface area contributed by atoms with Crippen LogP contribution in [0.3, 0.4) is 0 Å². The first-order valence-corrected chi connectivity index (χ1v) is 7.99. The van der Waals surface area contributed by atoms with Gasteiger partial charge < -0.3 is 0 Å². The Morgan fingerprint density at radius 3 is 2.69 bits per heavy atom. The van der Waals surface area contributed by atoms with Crippen molar-refractivity contribution < 1.29 is 8.42 Å². The second-order valence-electron chi connectivity index (χ2n) is 4.26. The Balaban J connectivity index is 2.06. The minimum absolute atomic E-state index is 0.186. The Kier molecular flexibility index (Phi) is 3.54. The van der Waals surface area contributed by atoms with Gasteiger partial charge in [0, 0.05) is 16.9 Å². The molecule has 0 N–H and O–H groups in total. The molecule has 2 rings (SSSR count). The Morgan fingerprint density at radius 1 is 1.38 bits per heavy atom. The fraction of sp³-hybridized carbons (Fsp3) is 0.700. The van der Waals surface area contributed by atoms with E-state index < -0.39 is 9.05 Å². The summed E-state index contributed by atoms with van der Waals surface area (Å²) in [5.74, 6) is -0.186. The van der Waals surface area contributed by atoms with E-state index in [0.29, 0.717) is 11.7 Å². The summed E-state index contributed by atoms with van der Waals surface area (Å²) >= 11 is 0. The van der Waals surface area contributed by atoms with Crippen LogP contribution < -0.4 is 0 Å². The van der Waals surface area contributed by atoms with Gasteiger partial charge in [0.2, 0.25) is 9.05 Å². The van der Waals surface area contributed by atoms with Gasteiger partial charge in [-0.05, 0) is 18.9 Å². The first-order valence-electron chi connectivity index (χ1n) is 5.51. The van der Waals surface area contributed by atoms with Gasteiger partial charge in [-0.2, -0.15) is 5.10 Å². The lowest BCUT2D eigenvalue weighted by Crippen LogP contribution is -2.13. The average Bonchev–Trinajstić information content (AvgIpc) is 2.65. The monoisotopic (exact) mass is 262 g/mol. The van der Waals surface area contributed by atoms with E-state index in [1.807, 2.05) is 10.9 Å². The zero-order valence-electron chi connectivity index (χ0n) is 8.97. The lowest BCUT2D eigenvalue weighted by molar-refractivity contribution is 0.328. The SMILES string of the molecule is O=S(=O)(Cl)Cc1ccn(C2CCCCC2)n1. The van der Waals surface area contributed by atoms with Gasteiger partial charge in [0.25, 0.3) is 0 Å². The van der Waals surface area contributed by atoms with Crippen LogP contribution in [0.1, 0.15) is 43.8 Å². The van der Waals surface area contributed by atoms with E-state index in [4.69, 9.17) is 10.7 Å². The number of rotatable bonds is 3. The lowest BCUT2D eigenvalue weighted by atomic mass is 9.96. The van der Waals surface area contributed by atoms with Gasteiger partial charge >= 0.3 is 0 Å². The molecule has 0 aromatic carbocycles. The molecule has 1 aliphatic carbocycles. The zero-order chi connectivity index (χ0) is 11.6. The van der Waals surface area contributed by atoms with Gasteiger partial charge in [0.05, 0.1) is 11.7 Å². The second kappa shape index (κ2) is 4.75. The van der Waals surface area contributed by atoms with Crippen LogP contribution in [-0.2, 0) is 14.8 Å². The van der Waals surface area contributed by atoms with E-state index in [1.54, 1.807) is 6.07 Å². The molecule has 1 saturated carbocycles. The molecule has 16 heavy (non-hydrogen) atoms. The summed E-state index contributed by atoms with van der Waals surface area (Å²) in [5.41, 5.74) is 0.528. The maximum Gasteiger partial charge on any atom is 0.238 e. The minimum Gasteiger partial charge on any atom is -0.269 e. The van der Waals surface area contributed by atoms with Crippen LogP contribution in [-0.4, -0.2) is 18.2 Å². The number of hydrogen-bond donors (Lipinski definition) is 0. The maximum atomic E-state index is 10.9. The number of halogens is 1. The van der Waals surface area contributed by atoms with Gasteiger partial charge in [-0.1, -0.05) is 19.3 Å². The van der Waals surface area contributed by atoms with Crippen molar-refractivity contribution in [3.63, 3.8) is 0 Å². The van der Waals surface area contributed by atoms with Crippen LogP contribution in [0.25, 0.3) is 0 Å². The topological polar surface area (TPSA) is 52.0 Å². The van der Waals surface area contributed by atoms with E-state index in [1.165, 1.54) is 19.3 Å². The van der Waals surface area contributed by atoms with Crippen LogP contribution in [0.5, 0.6) is 0 Å². The molecule has 0 saturated heterocycles. The Labute approximate surface area is 100 Å². The minimum atomic E-state index is -3.50. The van der Waals surface area contributed by atoms with Gasteiger partial charge in [-0.25, -0.2) is 8.42 Å². The number of aromatic nitrogens is 2. The van der Waals surface area contributed by atoms with E-state index in [0.717, 1.165) is 12.8 Å². The molecular weight excluding hydrogens is 248 g/mol. The number of hydrogen-bond acceptors (Lipinski definition) is 3. The van der Waals surface area contributed by atoms with Gasteiger partial charge in [-0.3, -0.25) is 4.68 Å². The molecule has 0 spiro atoms. The quantitative estimate of drug-likeness (QED) is 0.787. The van der Waals surface area contributed by atoms with E-state index in [-0.39, 0.29) is 5.75 Å². The third-order valence-corrected chi connectivity index (χ3v) is 3.90. The Hall–Kier alpha value is -0.550.